The summed E-state index contributed by atoms with van der Waals surface area (Å²) >= 11 is 1.40. The summed E-state index contributed by atoms with van der Waals surface area (Å²) in [6.07, 6.45) is 1.53. The zero-order valence-corrected chi connectivity index (χ0v) is 15.0. The molecule has 0 unspecified atom stereocenters. The fraction of sp³-hybridized carbons (Fsp3) is 0.0952. The summed E-state index contributed by atoms with van der Waals surface area (Å²) in [5.74, 6) is -0.402. The molecule has 3 aromatic rings. The van der Waals surface area contributed by atoms with E-state index in [0.29, 0.717) is 5.01 Å². The Hall–Kier alpha value is -3.23. The van der Waals surface area contributed by atoms with Crippen molar-refractivity contribution in [1.82, 2.24) is 10.3 Å². The van der Waals surface area contributed by atoms with Crippen LogP contribution in [0.15, 0.2) is 71.6 Å². The maximum atomic E-state index is 12.4. The van der Waals surface area contributed by atoms with Gasteiger partial charge in [0.25, 0.3) is 5.91 Å². The number of carbonyl (C=O) groups is 1. The molecular weight excluding hydrogens is 342 g/mol. The van der Waals surface area contributed by atoms with E-state index in [1.54, 1.807) is 0 Å². The second kappa shape index (κ2) is 8.24. The molecule has 128 valence electrons. The number of rotatable bonds is 5. The van der Waals surface area contributed by atoms with Crippen molar-refractivity contribution < 1.29 is 4.79 Å². The van der Waals surface area contributed by atoms with Crippen LogP contribution in [0.4, 0.5) is 0 Å². The van der Waals surface area contributed by atoms with Gasteiger partial charge in [-0.25, -0.2) is 4.98 Å². The molecule has 0 aliphatic heterocycles. The van der Waals surface area contributed by atoms with Gasteiger partial charge < -0.3 is 5.32 Å². The first kappa shape index (κ1) is 17.6. The molecule has 1 atom stereocenters. The number of nitriles is 1. The highest BCUT2D eigenvalue weighted by molar-refractivity contribution is 7.10. The molecule has 1 N–H and O–H groups in total. The largest absolute Gasteiger partial charge is 0.345 e. The third-order valence-electron chi connectivity index (χ3n) is 3.87. The maximum absolute atomic E-state index is 12.4. The Morgan fingerprint density at radius 3 is 2.46 bits per heavy atom. The van der Waals surface area contributed by atoms with E-state index in [1.807, 2.05) is 79.0 Å². The molecule has 4 nitrogen and oxygen atoms in total. The van der Waals surface area contributed by atoms with Crippen molar-refractivity contribution >= 4 is 23.3 Å². The van der Waals surface area contributed by atoms with Gasteiger partial charge in [-0.05, 0) is 18.6 Å². The normalized spacial score (nSPS) is 12.2. The first-order chi connectivity index (χ1) is 12.7. The van der Waals surface area contributed by atoms with Crippen LogP contribution in [0, 0.1) is 11.3 Å². The topological polar surface area (TPSA) is 65.8 Å². The molecule has 2 aromatic carbocycles. The molecule has 0 bridgehead atoms. The Labute approximate surface area is 156 Å². The number of carbonyl (C=O) groups excluding carboxylic acids is 1. The van der Waals surface area contributed by atoms with Gasteiger partial charge in [0.15, 0.2) is 0 Å². The Balaban J connectivity index is 1.75. The SMILES string of the molecule is C[C@@H](NC(=O)/C(C#N)=C/c1nc(-c2ccccc2)cs1)c1ccccc1. The minimum atomic E-state index is -0.402. The van der Waals surface area contributed by atoms with E-state index in [2.05, 4.69) is 10.3 Å². The zero-order valence-electron chi connectivity index (χ0n) is 14.2. The summed E-state index contributed by atoms with van der Waals surface area (Å²) < 4.78 is 0. The minimum Gasteiger partial charge on any atom is -0.345 e. The van der Waals surface area contributed by atoms with Crippen LogP contribution in [0.3, 0.4) is 0 Å². The number of benzene rings is 2. The minimum absolute atomic E-state index is 0.0433. The van der Waals surface area contributed by atoms with Crippen molar-refractivity contribution in [3.63, 3.8) is 0 Å². The summed E-state index contributed by atoms with van der Waals surface area (Å²) in [5, 5.41) is 14.8. The summed E-state index contributed by atoms with van der Waals surface area (Å²) in [7, 11) is 0. The molecule has 1 aromatic heterocycles. The van der Waals surface area contributed by atoms with E-state index in [-0.39, 0.29) is 11.6 Å². The average molecular weight is 359 g/mol. The lowest BCUT2D eigenvalue weighted by Crippen LogP contribution is -2.27. The highest BCUT2D eigenvalue weighted by atomic mass is 32.1. The van der Waals surface area contributed by atoms with E-state index in [1.165, 1.54) is 17.4 Å². The fourth-order valence-corrected chi connectivity index (χ4v) is 3.23. The molecule has 3 rings (SSSR count). The summed E-state index contributed by atoms with van der Waals surface area (Å²) in [5.41, 5.74) is 2.86. The molecular formula is C21H17N3OS. The first-order valence-electron chi connectivity index (χ1n) is 8.16. The van der Waals surface area contributed by atoms with Gasteiger partial charge in [-0.15, -0.1) is 11.3 Å². The molecule has 0 spiro atoms. The zero-order chi connectivity index (χ0) is 18.4. The molecule has 0 saturated carbocycles. The number of amides is 1. The number of aromatic nitrogens is 1. The number of hydrogen-bond acceptors (Lipinski definition) is 4. The van der Waals surface area contributed by atoms with Gasteiger partial charge in [-0.3, -0.25) is 4.79 Å². The predicted molar refractivity (Wildman–Crippen MR) is 104 cm³/mol. The van der Waals surface area contributed by atoms with Gasteiger partial charge in [0.2, 0.25) is 0 Å². The lowest BCUT2D eigenvalue weighted by atomic mass is 10.1. The Morgan fingerprint density at radius 2 is 1.81 bits per heavy atom. The third kappa shape index (κ3) is 4.24. The molecule has 0 saturated heterocycles. The van der Waals surface area contributed by atoms with Gasteiger partial charge in [0.05, 0.1) is 11.7 Å². The molecule has 0 radical (unpaired) electrons. The van der Waals surface area contributed by atoms with Crippen molar-refractivity contribution in [3.8, 4) is 17.3 Å². The Morgan fingerprint density at radius 1 is 1.15 bits per heavy atom. The van der Waals surface area contributed by atoms with Gasteiger partial charge in [-0.2, -0.15) is 5.26 Å². The fourth-order valence-electron chi connectivity index (χ4n) is 2.47. The van der Waals surface area contributed by atoms with Crippen LogP contribution in [0.5, 0.6) is 0 Å². The van der Waals surface area contributed by atoms with Crippen LogP contribution >= 0.6 is 11.3 Å². The van der Waals surface area contributed by atoms with E-state index in [0.717, 1.165) is 16.8 Å². The molecule has 26 heavy (non-hydrogen) atoms. The van der Waals surface area contributed by atoms with Crippen molar-refractivity contribution in [3.05, 3.63) is 82.2 Å². The summed E-state index contributed by atoms with van der Waals surface area (Å²) in [4.78, 5) is 16.9. The number of nitrogens with one attached hydrogen (secondary N) is 1. The molecule has 5 heteroatoms. The maximum Gasteiger partial charge on any atom is 0.262 e. The predicted octanol–water partition coefficient (Wildman–Crippen LogP) is 4.59. The monoisotopic (exact) mass is 359 g/mol. The Kier molecular flexibility index (Phi) is 5.57. The van der Waals surface area contributed by atoms with Crippen molar-refractivity contribution in [1.29, 1.82) is 5.26 Å². The van der Waals surface area contributed by atoms with Crippen LogP contribution in [-0.2, 0) is 4.79 Å². The molecule has 1 amide bonds. The van der Waals surface area contributed by atoms with Gasteiger partial charge in [-0.1, -0.05) is 60.7 Å². The van der Waals surface area contributed by atoms with Crippen LogP contribution in [-0.4, -0.2) is 10.9 Å². The standard InChI is InChI=1S/C21H17N3OS/c1-15(16-8-4-2-5-9-16)23-21(25)18(13-22)12-20-24-19(14-26-20)17-10-6-3-7-11-17/h2-12,14-15H,1H3,(H,23,25)/b18-12+/t15-/m1/s1. The second-order valence-electron chi connectivity index (χ2n) is 5.71. The smallest absolute Gasteiger partial charge is 0.262 e. The van der Waals surface area contributed by atoms with E-state index < -0.39 is 5.91 Å². The summed E-state index contributed by atoms with van der Waals surface area (Å²) in [6.45, 7) is 1.89. The molecule has 0 fully saturated rings. The average Bonchev–Trinajstić information content (AvgIpc) is 3.16. The van der Waals surface area contributed by atoms with Crippen molar-refractivity contribution in [2.24, 2.45) is 0 Å². The van der Waals surface area contributed by atoms with E-state index in [4.69, 9.17) is 0 Å². The number of hydrogen-bond donors (Lipinski definition) is 1. The van der Waals surface area contributed by atoms with E-state index >= 15 is 0 Å². The lowest BCUT2D eigenvalue weighted by Gasteiger charge is -2.13. The quantitative estimate of drug-likeness (QED) is 0.535. The van der Waals surface area contributed by atoms with Crippen LogP contribution < -0.4 is 5.32 Å². The van der Waals surface area contributed by atoms with Crippen LogP contribution in [0.1, 0.15) is 23.5 Å². The highest BCUT2D eigenvalue weighted by Crippen LogP contribution is 2.23. The van der Waals surface area contributed by atoms with Gasteiger partial charge in [0.1, 0.15) is 16.6 Å². The number of thiazole rings is 1. The van der Waals surface area contributed by atoms with Crippen LogP contribution in [0.2, 0.25) is 0 Å². The molecule has 0 aliphatic rings. The highest BCUT2D eigenvalue weighted by Gasteiger charge is 2.14. The second-order valence-corrected chi connectivity index (χ2v) is 6.60. The van der Waals surface area contributed by atoms with E-state index in [9.17, 15) is 10.1 Å². The van der Waals surface area contributed by atoms with Crippen molar-refractivity contribution in [2.75, 3.05) is 0 Å². The Bertz CT molecular complexity index is 956. The first-order valence-corrected chi connectivity index (χ1v) is 9.04. The molecule has 1 heterocycles. The van der Waals surface area contributed by atoms with Gasteiger partial charge >= 0.3 is 0 Å². The van der Waals surface area contributed by atoms with Gasteiger partial charge in [0, 0.05) is 10.9 Å². The number of nitrogens with zero attached hydrogens (tertiary/aromatic N) is 2. The summed E-state index contributed by atoms with van der Waals surface area (Å²) in [6, 6.07) is 21.2. The molecule has 0 aliphatic carbocycles. The van der Waals surface area contributed by atoms with Crippen molar-refractivity contribution in [2.45, 2.75) is 13.0 Å². The third-order valence-corrected chi connectivity index (χ3v) is 4.66. The lowest BCUT2D eigenvalue weighted by molar-refractivity contribution is -0.117. The van der Waals surface area contributed by atoms with Crippen LogP contribution in [0.25, 0.3) is 17.3 Å².